The SMILES string of the molecule is C=CCC1CN(C(=N)NC(=O)CNC(=O)OC(C)(C)C)CC1(N=[N+]=[N-])C(=O)OCc1ccccc1. The fraction of sp³-hybridized carbons (Fsp3) is 0.478. The minimum Gasteiger partial charge on any atom is -0.460 e. The molecule has 0 aromatic heterocycles. The highest BCUT2D eigenvalue weighted by Gasteiger charge is 2.53. The number of rotatable bonds is 8. The van der Waals surface area contributed by atoms with Gasteiger partial charge in [0.25, 0.3) is 0 Å². The summed E-state index contributed by atoms with van der Waals surface area (Å²) in [5.41, 5.74) is 7.66. The molecular formula is C23H31N7O5. The van der Waals surface area contributed by atoms with Crippen molar-refractivity contribution in [1.82, 2.24) is 15.5 Å². The lowest BCUT2D eigenvalue weighted by Crippen LogP contribution is -2.49. The molecule has 1 heterocycles. The number of esters is 1. The monoisotopic (exact) mass is 485 g/mol. The fourth-order valence-corrected chi connectivity index (χ4v) is 3.58. The zero-order chi connectivity index (χ0) is 26.1. The van der Waals surface area contributed by atoms with Gasteiger partial charge >= 0.3 is 12.1 Å². The lowest BCUT2D eigenvalue weighted by atomic mass is 9.85. The normalized spacial score (nSPS) is 19.2. The van der Waals surface area contributed by atoms with Crippen LogP contribution in [0.15, 0.2) is 48.1 Å². The standard InChI is InChI=1S/C23H31N7O5/c1-5-9-17-13-30(20(24)27-18(31)12-26-21(33)35-22(2,3)4)15-23(17,28-29-25)19(32)34-14-16-10-7-6-8-11-16/h5-8,10-11,17H,1,9,12-15H2,2-4H3,(H,26,33)(H2,24,27,31). The van der Waals surface area contributed by atoms with Crippen LogP contribution in [0.25, 0.3) is 10.4 Å². The van der Waals surface area contributed by atoms with E-state index in [0.29, 0.717) is 6.42 Å². The molecule has 0 bridgehead atoms. The van der Waals surface area contributed by atoms with Crippen molar-refractivity contribution in [2.75, 3.05) is 19.6 Å². The molecule has 3 N–H and O–H groups in total. The van der Waals surface area contributed by atoms with Gasteiger partial charge in [0.1, 0.15) is 18.8 Å². The average Bonchev–Trinajstić information content (AvgIpc) is 3.15. The van der Waals surface area contributed by atoms with Crippen molar-refractivity contribution >= 4 is 23.9 Å². The number of carbonyl (C=O) groups excluding carboxylic acids is 3. The predicted octanol–water partition coefficient (Wildman–Crippen LogP) is 2.86. The molecule has 1 aliphatic rings. The van der Waals surface area contributed by atoms with Crippen LogP contribution in [0.2, 0.25) is 0 Å². The van der Waals surface area contributed by atoms with Crippen LogP contribution in [0.5, 0.6) is 0 Å². The molecule has 2 atom stereocenters. The minimum atomic E-state index is -1.61. The van der Waals surface area contributed by atoms with E-state index in [-0.39, 0.29) is 25.7 Å². The molecule has 12 nitrogen and oxygen atoms in total. The van der Waals surface area contributed by atoms with Gasteiger partial charge in [0.15, 0.2) is 11.5 Å². The van der Waals surface area contributed by atoms with Crippen LogP contribution in [0, 0.1) is 11.3 Å². The number of allylic oxidation sites excluding steroid dienone is 1. The van der Waals surface area contributed by atoms with Crippen molar-refractivity contribution in [3.8, 4) is 0 Å². The Kier molecular flexibility index (Phi) is 9.24. The van der Waals surface area contributed by atoms with Gasteiger partial charge in [-0.3, -0.25) is 20.3 Å². The molecule has 1 aliphatic heterocycles. The molecule has 0 spiro atoms. The highest BCUT2D eigenvalue weighted by Crippen LogP contribution is 2.36. The zero-order valence-electron chi connectivity index (χ0n) is 20.1. The van der Waals surface area contributed by atoms with Gasteiger partial charge in [0.2, 0.25) is 5.91 Å². The largest absolute Gasteiger partial charge is 0.460 e. The van der Waals surface area contributed by atoms with E-state index < -0.39 is 41.6 Å². The van der Waals surface area contributed by atoms with Gasteiger partial charge in [0, 0.05) is 23.9 Å². The summed E-state index contributed by atoms with van der Waals surface area (Å²) >= 11 is 0. The van der Waals surface area contributed by atoms with Gasteiger partial charge in [-0.1, -0.05) is 41.5 Å². The molecule has 0 saturated carbocycles. The lowest BCUT2D eigenvalue weighted by Gasteiger charge is -2.26. The first-order valence-corrected chi connectivity index (χ1v) is 11.0. The third-order valence-corrected chi connectivity index (χ3v) is 5.15. The third-order valence-electron chi connectivity index (χ3n) is 5.15. The van der Waals surface area contributed by atoms with Gasteiger partial charge in [-0.25, -0.2) is 4.79 Å². The maximum atomic E-state index is 13.1. The molecular weight excluding hydrogens is 454 g/mol. The van der Waals surface area contributed by atoms with Gasteiger partial charge in [0.05, 0.1) is 0 Å². The van der Waals surface area contributed by atoms with E-state index in [9.17, 15) is 19.9 Å². The van der Waals surface area contributed by atoms with E-state index in [1.807, 2.05) is 18.2 Å². The summed E-state index contributed by atoms with van der Waals surface area (Å²) in [5.74, 6) is -2.22. The Labute approximate surface area is 203 Å². The first kappa shape index (κ1) is 27.2. The second-order valence-corrected chi connectivity index (χ2v) is 9.03. The van der Waals surface area contributed by atoms with E-state index in [2.05, 4.69) is 27.2 Å². The number of alkyl carbamates (subject to hydrolysis) is 1. The first-order valence-electron chi connectivity index (χ1n) is 11.0. The molecule has 188 valence electrons. The van der Waals surface area contributed by atoms with Gasteiger partial charge in [-0.2, -0.15) is 0 Å². The van der Waals surface area contributed by atoms with Crippen LogP contribution in [0.3, 0.4) is 0 Å². The van der Waals surface area contributed by atoms with Crippen molar-refractivity contribution in [2.24, 2.45) is 11.0 Å². The Morgan fingerprint density at radius 2 is 2.03 bits per heavy atom. The molecule has 2 rings (SSSR count). The number of hydrogen-bond donors (Lipinski definition) is 3. The van der Waals surface area contributed by atoms with Crippen molar-refractivity contribution < 1.29 is 23.9 Å². The molecule has 2 unspecified atom stereocenters. The smallest absolute Gasteiger partial charge is 0.408 e. The number of azide groups is 1. The summed E-state index contributed by atoms with van der Waals surface area (Å²) in [5, 5.41) is 16.8. The summed E-state index contributed by atoms with van der Waals surface area (Å²) in [4.78, 5) is 41.4. The number of carbonyl (C=O) groups is 3. The third kappa shape index (κ3) is 7.75. The number of amides is 2. The second-order valence-electron chi connectivity index (χ2n) is 9.03. The maximum Gasteiger partial charge on any atom is 0.408 e. The summed E-state index contributed by atoms with van der Waals surface area (Å²) < 4.78 is 10.5. The van der Waals surface area contributed by atoms with Gasteiger partial charge in [-0.05, 0) is 38.3 Å². The van der Waals surface area contributed by atoms with Crippen molar-refractivity contribution in [2.45, 2.75) is 44.9 Å². The second kappa shape index (κ2) is 11.9. The van der Waals surface area contributed by atoms with E-state index in [1.54, 1.807) is 39.0 Å². The predicted molar refractivity (Wildman–Crippen MR) is 128 cm³/mol. The van der Waals surface area contributed by atoms with E-state index in [0.717, 1.165) is 5.56 Å². The maximum absolute atomic E-state index is 13.1. The average molecular weight is 486 g/mol. The van der Waals surface area contributed by atoms with Crippen molar-refractivity contribution in [3.05, 3.63) is 59.0 Å². The molecule has 35 heavy (non-hydrogen) atoms. The van der Waals surface area contributed by atoms with Crippen molar-refractivity contribution in [3.63, 3.8) is 0 Å². The topological polar surface area (TPSA) is 170 Å². The zero-order valence-corrected chi connectivity index (χ0v) is 20.1. The Hall–Kier alpha value is -4.05. The number of nitrogens with one attached hydrogen (secondary N) is 3. The summed E-state index contributed by atoms with van der Waals surface area (Å²) in [6.07, 6.45) is 1.14. The molecule has 0 aliphatic carbocycles. The number of ether oxygens (including phenoxy) is 2. The Morgan fingerprint density at radius 1 is 1.34 bits per heavy atom. The quantitative estimate of drug-likeness (QED) is 0.0972. The molecule has 0 radical (unpaired) electrons. The summed E-state index contributed by atoms with van der Waals surface area (Å²) in [6, 6.07) is 9.06. The Morgan fingerprint density at radius 3 is 2.63 bits per heavy atom. The van der Waals surface area contributed by atoms with E-state index in [1.165, 1.54) is 4.90 Å². The molecule has 1 aromatic rings. The molecule has 2 amide bonds. The Bertz CT molecular complexity index is 1000. The fourth-order valence-electron chi connectivity index (χ4n) is 3.58. The molecule has 1 aromatic carbocycles. The highest BCUT2D eigenvalue weighted by atomic mass is 16.6. The number of likely N-dealkylation sites (tertiary alicyclic amines) is 1. The van der Waals surface area contributed by atoms with Crippen LogP contribution in [-0.2, 0) is 25.7 Å². The van der Waals surface area contributed by atoms with E-state index >= 15 is 0 Å². The molecule has 12 heteroatoms. The highest BCUT2D eigenvalue weighted by molar-refractivity contribution is 5.98. The van der Waals surface area contributed by atoms with Crippen LogP contribution in [0.4, 0.5) is 4.79 Å². The minimum absolute atomic E-state index is 0.00625. The summed E-state index contributed by atoms with van der Waals surface area (Å²) in [6.45, 7) is 8.34. The number of nitrogens with zero attached hydrogens (tertiary/aromatic N) is 4. The van der Waals surface area contributed by atoms with Gasteiger partial charge in [-0.15, -0.1) is 6.58 Å². The van der Waals surface area contributed by atoms with Gasteiger partial charge < -0.3 is 19.7 Å². The van der Waals surface area contributed by atoms with Crippen molar-refractivity contribution in [1.29, 1.82) is 5.41 Å². The first-order chi connectivity index (χ1) is 16.5. The lowest BCUT2D eigenvalue weighted by molar-refractivity contribution is -0.152. The number of hydrogen-bond acceptors (Lipinski definition) is 7. The van der Waals surface area contributed by atoms with Crippen LogP contribution < -0.4 is 10.6 Å². The molecule has 1 saturated heterocycles. The van der Waals surface area contributed by atoms with E-state index in [4.69, 9.17) is 14.9 Å². The van der Waals surface area contributed by atoms with Crippen LogP contribution in [-0.4, -0.2) is 59.6 Å². The number of benzene rings is 1. The Balaban J connectivity index is 2.07. The van der Waals surface area contributed by atoms with Crippen LogP contribution >= 0.6 is 0 Å². The summed E-state index contributed by atoms with van der Waals surface area (Å²) in [7, 11) is 0. The number of guanidine groups is 1. The molecule has 1 fully saturated rings. The van der Waals surface area contributed by atoms with Crippen LogP contribution in [0.1, 0.15) is 32.8 Å².